The van der Waals surface area contributed by atoms with Gasteiger partial charge in [-0.25, -0.2) is 9.50 Å². The minimum Gasteiger partial charge on any atom is -0.477 e. The molecule has 102 valence electrons. The second-order valence-electron chi connectivity index (χ2n) is 4.27. The Morgan fingerprint density at radius 1 is 1.30 bits per heavy atom. The first kappa shape index (κ1) is 12.7. The fourth-order valence-corrected chi connectivity index (χ4v) is 2.10. The molecule has 0 aliphatic rings. The minimum absolute atomic E-state index is 0.516. The molecule has 3 aromatic rings. The number of ether oxygens (including phenoxy) is 1. The van der Waals surface area contributed by atoms with Crippen molar-refractivity contribution >= 4 is 22.9 Å². The predicted molar refractivity (Wildman–Crippen MR) is 79.0 cm³/mol. The molecule has 0 spiro atoms. The molecule has 0 amide bonds. The maximum absolute atomic E-state index is 6.03. The molecule has 2 aromatic heterocycles. The summed E-state index contributed by atoms with van der Waals surface area (Å²) >= 11 is 6.03. The van der Waals surface area contributed by atoms with Crippen molar-refractivity contribution in [2.75, 3.05) is 12.3 Å². The second-order valence-corrected chi connectivity index (χ2v) is 4.68. The Balaban J connectivity index is 2.05. The van der Waals surface area contributed by atoms with Gasteiger partial charge >= 0.3 is 0 Å². The predicted octanol–water partition coefficient (Wildman–Crippen LogP) is 3.03. The van der Waals surface area contributed by atoms with Gasteiger partial charge in [0.1, 0.15) is 0 Å². The Morgan fingerprint density at radius 3 is 2.90 bits per heavy atom. The van der Waals surface area contributed by atoms with Crippen molar-refractivity contribution in [3.8, 4) is 17.1 Å². The summed E-state index contributed by atoms with van der Waals surface area (Å²) in [5.74, 6) is 0.569. The van der Waals surface area contributed by atoms with Gasteiger partial charge in [-0.15, -0.1) is 5.10 Å². The molecule has 1 aromatic carbocycles. The van der Waals surface area contributed by atoms with E-state index in [1.807, 2.05) is 25.3 Å². The largest absolute Gasteiger partial charge is 0.477 e. The zero-order valence-electron chi connectivity index (χ0n) is 10.9. The van der Waals surface area contributed by atoms with Crippen LogP contribution in [0, 0.1) is 0 Å². The van der Waals surface area contributed by atoms with E-state index >= 15 is 0 Å². The molecule has 0 aliphatic heterocycles. The lowest BCUT2D eigenvalue weighted by molar-refractivity contribution is 0.321. The van der Waals surface area contributed by atoms with Gasteiger partial charge in [0.25, 0.3) is 0 Å². The molecule has 0 bridgehead atoms. The van der Waals surface area contributed by atoms with E-state index in [1.54, 1.807) is 22.7 Å². The molecular formula is C14H13ClN4O. The molecule has 3 rings (SSSR count). The Hall–Kier alpha value is -2.27. The summed E-state index contributed by atoms with van der Waals surface area (Å²) in [7, 11) is 0. The van der Waals surface area contributed by atoms with E-state index in [1.165, 1.54) is 0 Å². The van der Waals surface area contributed by atoms with E-state index in [9.17, 15) is 0 Å². The zero-order chi connectivity index (χ0) is 14.1. The summed E-state index contributed by atoms with van der Waals surface area (Å²) in [4.78, 5) is 4.50. The number of halogens is 1. The van der Waals surface area contributed by atoms with Gasteiger partial charge in [-0.3, -0.25) is 0 Å². The molecule has 0 saturated carbocycles. The van der Waals surface area contributed by atoms with E-state index in [2.05, 4.69) is 10.1 Å². The van der Waals surface area contributed by atoms with E-state index in [-0.39, 0.29) is 0 Å². The molecule has 0 radical (unpaired) electrons. The third-order valence-electron chi connectivity index (χ3n) is 2.88. The van der Waals surface area contributed by atoms with Crippen molar-refractivity contribution in [3.05, 3.63) is 41.6 Å². The highest BCUT2D eigenvalue weighted by molar-refractivity contribution is 6.33. The van der Waals surface area contributed by atoms with Gasteiger partial charge in [-0.05, 0) is 25.1 Å². The van der Waals surface area contributed by atoms with Crippen LogP contribution in [0.25, 0.3) is 16.9 Å². The van der Waals surface area contributed by atoms with Gasteiger partial charge in [-0.2, -0.15) is 0 Å². The molecule has 6 heteroatoms. The highest BCUT2D eigenvalue weighted by Crippen LogP contribution is 2.26. The fraction of sp³-hybridized carbons (Fsp3) is 0.143. The van der Waals surface area contributed by atoms with Crippen LogP contribution in [-0.4, -0.2) is 21.2 Å². The number of nitrogens with zero attached hydrogens (tertiary/aromatic N) is 3. The molecule has 2 heterocycles. The smallest absolute Gasteiger partial charge is 0.231 e. The third kappa shape index (κ3) is 2.28. The normalized spacial score (nSPS) is 10.9. The van der Waals surface area contributed by atoms with Gasteiger partial charge in [0.2, 0.25) is 5.88 Å². The Kier molecular flexibility index (Phi) is 3.20. The third-order valence-corrected chi connectivity index (χ3v) is 3.21. The Bertz CT molecular complexity index is 769. The average molecular weight is 289 g/mol. The first-order chi connectivity index (χ1) is 9.67. The first-order valence-electron chi connectivity index (χ1n) is 6.22. The van der Waals surface area contributed by atoms with Crippen molar-refractivity contribution in [1.82, 2.24) is 14.6 Å². The summed E-state index contributed by atoms with van der Waals surface area (Å²) in [6, 6.07) is 9.10. The lowest BCUT2D eigenvalue weighted by atomic mass is 10.1. The number of imidazole rings is 1. The summed E-state index contributed by atoms with van der Waals surface area (Å²) in [5, 5.41) is 4.84. The van der Waals surface area contributed by atoms with Gasteiger partial charge in [-0.1, -0.05) is 17.7 Å². The minimum atomic E-state index is 0.516. The number of nitrogen functional groups attached to an aromatic ring is 1. The summed E-state index contributed by atoms with van der Waals surface area (Å²) in [6.45, 7) is 2.50. The van der Waals surface area contributed by atoms with Crippen molar-refractivity contribution in [2.45, 2.75) is 6.92 Å². The quantitative estimate of drug-likeness (QED) is 0.752. The van der Waals surface area contributed by atoms with E-state index < -0.39 is 0 Å². The van der Waals surface area contributed by atoms with Crippen molar-refractivity contribution in [2.24, 2.45) is 0 Å². The van der Waals surface area contributed by atoms with Crippen LogP contribution in [0.3, 0.4) is 0 Å². The van der Waals surface area contributed by atoms with Crippen LogP contribution in [-0.2, 0) is 0 Å². The average Bonchev–Trinajstić information content (AvgIpc) is 2.85. The number of hydrogen-bond acceptors (Lipinski definition) is 4. The number of anilines is 1. The molecule has 20 heavy (non-hydrogen) atoms. The SMILES string of the molecule is CCOc1ccc2nc(-c3ccc(N)c(Cl)c3)cn2n1. The summed E-state index contributed by atoms with van der Waals surface area (Å²) in [5.41, 5.74) is 8.69. The maximum atomic E-state index is 6.03. The molecule has 0 saturated heterocycles. The second kappa shape index (κ2) is 5.02. The molecule has 0 atom stereocenters. The maximum Gasteiger partial charge on any atom is 0.231 e. The summed E-state index contributed by atoms with van der Waals surface area (Å²) in [6.07, 6.45) is 1.83. The molecule has 0 unspecified atom stereocenters. The summed E-state index contributed by atoms with van der Waals surface area (Å²) < 4.78 is 7.05. The van der Waals surface area contributed by atoms with Gasteiger partial charge in [0, 0.05) is 11.6 Å². The zero-order valence-corrected chi connectivity index (χ0v) is 11.6. The topological polar surface area (TPSA) is 65.4 Å². The van der Waals surface area contributed by atoms with Crippen LogP contribution >= 0.6 is 11.6 Å². The standard InChI is InChI=1S/C14H13ClN4O/c1-2-20-14-6-5-13-17-12(8-19(13)18-14)9-3-4-11(16)10(15)7-9/h3-8H,2,16H2,1H3. The highest BCUT2D eigenvalue weighted by Gasteiger charge is 2.08. The van der Waals surface area contributed by atoms with Gasteiger partial charge in [0.05, 0.1) is 29.2 Å². The first-order valence-corrected chi connectivity index (χ1v) is 6.60. The highest BCUT2D eigenvalue weighted by atomic mass is 35.5. The van der Waals surface area contributed by atoms with Gasteiger partial charge in [0.15, 0.2) is 5.65 Å². The molecule has 2 N–H and O–H groups in total. The van der Waals surface area contributed by atoms with Crippen molar-refractivity contribution in [3.63, 3.8) is 0 Å². The molecule has 0 aliphatic carbocycles. The van der Waals surface area contributed by atoms with Crippen molar-refractivity contribution in [1.29, 1.82) is 0 Å². The van der Waals surface area contributed by atoms with Crippen molar-refractivity contribution < 1.29 is 4.74 Å². The van der Waals surface area contributed by atoms with E-state index in [0.717, 1.165) is 16.9 Å². The van der Waals surface area contributed by atoms with Crippen LogP contribution in [0.5, 0.6) is 5.88 Å². The van der Waals surface area contributed by atoms with Crippen LogP contribution < -0.4 is 10.5 Å². The number of nitrogens with two attached hydrogens (primary N) is 1. The monoisotopic (exact) mass is 288 g/mol. The fourth-order valence-electron chi connectivity index (χ4n) is 1.91. The number of fused-ring (bicyclic) bond motifs is 1. The molecular weight excluding hydrogens is 276 g/mol. The number of benzene rings is 1. The van der Waals surface area contributed by atoms with Crippen LogP contribution in [0.1, 0.15) is 6.92 Å². The lowest BCUT2D eigenvalue weighted by Crippen LogP contribution is -1.98. The Morgan fingerprint density at radius 2 is 2.15 bits per heavy atom. The van der Waals surface area contributed by atoms with E-state index in [0.29, 0.717) is 23.2 Å². The van der Waals surface area contributed by atoms with Crippen LogP contribution in [0.15, 0.2) is 36.5 Å². The van der Waals surface area contributed by atoms with Crippen LogP contribution in [0.4, 0.5) is 5.69 Å². The Labute approximate surface area is 121 Å². The molecule has 0 fully saturated rings. The number of aromatic nitrogens is 3. The number of hydrogen-bond donors (Lipinski definition) is 1. The number of rotatable bonds is 3. The van der Waals surface area contributed by atoms with Gasteiger partial charge < -0.3 is 10.5 Å². The molecule has 5 nitrogen and oxygen atoms in total. The van der Waals surface area contributed by atoms with Crippen LogP contribution in [0.2, 0.25) is 5.02 Å². The lowest BCUT2D eigenvalue weighted by Gasteiger charge is -2.00. The van der Waals surface area contributed by atoms with E-state index in [4.69, 9.17) is 22.1 Å².